The Hall–Kier alpha value is -3.10. The van der Waals surface area contributed by atoms with Crippen LogP contribution in [0.15, 0.2) is 71.6 Å². The van der Waals surface area contributed by atoms with Gasteiger partial charge in [-0.25, -0.2) is 0 Å². The molecule has 174 valence electrons. The molecule has 5 atom stereocenters. The summed E-state index contributed by atoms with van der Waals surface area (Å²) >= 11 is 8.55. The summed E-state index contributed by atoms with van der Waals surface area (Å²) in [6.07, 6.45) is 0.673. The van der Waals surface area contributed by atoms with Crippen LogP contribution in [0.2, 0.25) is 0 Å². The summed E-state index contributed by atoms with van der Waals surface area (Å²) in [4.78, 5) is 23.2. The number of hydrogen-bond acceptors (Lipinski definition) is 6. The highest BCUT2D eigenvalue weighted by molar-refractivity contribution is 8.00. The zero-order chi connectivity index (χ0) is 24.0. The van der Waals surface area contributed by atoms with E-state index < -0.39 is 0 Å². The predicted molar refractivity (Wildman–Crippen MR) is 134 cm³/mol. The third kappa shape index (κ3) is 3.91. The maximum Gasteiger partial charge on any atom is 0.282 e. The third-order valence-electron chi connectivity index (χ3n) is 6.78. The number of fused-ring (bicyclic) bond motifs is 3. The van der Waals surface area contributed by atoms with Crippen molar-refractivity contribution in [1.82, 2.24) is 0 Å². The Labute approximate surface area is 205 Å². The van der Waals surface area contributed by atoms with E-state index in [4.69, 9.17) is 11.6 Å². The van der Waals surface area contributed by atoms with Crippen LogP contribution in [0.1, 0.15) is 35.1 Å². The fourth-order valence-corrected chi connectivity index (χ4v) is 7.27. The topological polar surface area (TPSA) is 98.3 Å². The first-order valence-corrected chi connectivity index (χ1v) is 12.3. The molecule has 0 amide bonds. The van der Waals surface area contributed by atoms with Crippen molar-refractivity contribution in [2.45, 2.75) is 40.8 Å². The number of anilines is 1. The van der Waals surface area contributed by atoms with Crippen LogP contribution in [-0.2, 0) is 0 Å². The van der Waals surface area contributed by atoms with E-state index in [2.05, 4.69) is 11.4 Å². The molecule has 0 radical (unpaired) electrons. The number of nitro benzene ring substituents is 2. The van der Waals surface area contributed by atoms with Crippen LogP contribution in [0.5, 0.6) is 0 Å². The SMILES string of the molecule is Cc1ccc2c(c1)[C@@H]1[C@H](Cl)[C@H](Sc3ccccc3[N+](=O)[O-])C[C@@H]1[C@H](c1ccccc1[N+](=O)[O-])N2. The van der Waals surface area contributed by atoms with E-state index in [1.807, 2.05) is 25.1 Å². The lowest BCUT2D eigenvalue weighted by atomic mass is 9.76. The number of alkyl halides is 1. The maximum atomic E-state index is 11.8. The number of para-hydroxylation sites is 2. The van der Waals surface area contributed by atoms with Crippen LogP contribution in [0.3, 0.4) is 0 Å². The fourth-order valence-electron chi connectivity index (χ4n) is 5.33. The Kier molecular flexibility index (Phi) is 5.95. The van der Waals surface area contributed by atoms with Crippen LogP contribution in [-0.4, -0.2) is 20.5 Å². The van der Waals surface area contributed by atoms with Gasteiger partial charge in [0.15, 0.2) is 0 Å². The maximum absolute atomic E-state index is 11.8. The number of nitrogens with zero attached hydrogens (tertiary/aromatic N) is 2. The third-order valence-corrected chi connectivity index (χ3v) is 8.89. The van der Waals surface area contributed by atoms with E-state index in [-0.39, 0.29) is 49.7 Å². The fraction of sp³-hybridized carbons (Fsp3) is 0.280. The van der Waals surface area contributed by atoms with Crippen molar-refractivity contribution in [3.05, 3.63) is 104 Å². The minimum atomic E-state index is -0.371. The van der Waals surface area contributed by atoms with Crippen molar-refractivity contribution < 1.29 is 9.85 Å². The molecule has 3 aromatic carbocycles. The first kappa shape index (κ1) is 22.7. The number of rotatable bonds is 5. The summed E-state index contributed by atoms with van der Waals surface area (Å²) in [6.45, 7) is 2.03. The number of benzene rings is 3. The molecule has 9 heteroatoms. The van der Waals surface area contributed by atoms with E-state index >= 15 is 0 Å². The van der Waals surface area contributed by atoms with E-state index in [0.29, 0.717) is 16.9 Å². The van der Waals surface area contributed by atoms with Crippen molar-refractivity contribution in [1.29, 1.82) is 0 Å². The molecule has 0 aromatic heterocycles. The highest BCUT2D eigenvalue weighted by atomic mass is 35.5. The number of nitro groups is 2. The normalized spacial score (nSPS) is 25.2. The van der Waals surface area contributed by atoms with E-state index in [9.17, 15) is 20.2 Å². The molecule has 0 spiro atoms. The van der Waals surface area contributed by atoms with Crippen LogP contribution < -0.4 is 5.32 Å². The molecule has 5 rings (SSSR count). The van der Waals surface area contributed by atoms with Gasteiger partial charge in [0.1, 0.15) is 0 Å². The Morgan fingerprint density at radius 3 is 2.35 bits per heavy atom. The monoisotopic (exact) mass is 495 g/mol. The van der Waals surface area contributed by atoms with Crippen molar-refractivity contribution in [2.24, 2.45) is 5.92 Å². The molecule has 1 N–H and O–H groups in total. The Bertz CT molecular complexity index is 1290. The van der Waals surface area contributed by atoms with Gasteiger partial charge >= 0.3 is 0 Å². The first-order chi connectivity index (χ1) is 16.3. The zero-order valence-electron chi connectivity index (χ0n) is 18.3. The summed E-state index contributed by atoms with van der Waals surface area (Å²) in [5, 5.41) is 26.5. The van der Waals surface area contributed by atoms with Crippen molar-refractivity contribution in [2.75, 3.05) is 5.32 Å². The molecule has 1 saturated carbocycles. The molecule has 0 bridgehead atoms. The lowest BCUT2D eigenvalue weighted by Crippen LogP contribution is -2.31. The summed E-state index contributed by atoms with van der Waals surface area (Å²) in [7, 11) is 0. The van der Waals surface area contributed by atoms with Gasteiger partial charge in [0, 0.05) is 29.0 Å². The highest BCUT2D eigenvalue weighted by Crippen LogP contribution is 2.58. The average Bonchev–Trinajstić information content (AvgIpc) is 3.15. The van der Waals surface area contributed by atoms with Crippen LogP contribution in [0, 0.1) is 33.1 Å². The van der Waals surface area contributed by atoms with Gasteiger partial charge in [0.25, 0.3) is 11.4 Å². The van der Waals surface area contributed by atoms with E-state index in [0.717, 1.165) is 16.8 Å². The number of aryl methyl sites for hydroxylation is 1. The molecular formula is C25H22ClN3O4S. The van der Waals surface area contributed by atoms with Gasteiger partial charge in [-0.2, -0.15) is 0 Å². The van der Waals surface area contributed by atoms with Gasteiger partial charge in [0.05, 0.1) is 31.7 Å². The number of hydrogen-bond donors (Lipinski definition) is 1. The minimum Gasteiger partial charge on any atom is -0.377 e. The average molecular weight is 496 g/mol. The molecule has 0 saturated heterocycles. The number of thioether (sulfide) groups is 1. The molecular weight excluding hydrogens is 474 g/mol. The Morgan fingerprint density at radius 2 is 1.62 bits per heavy atom. The minimum absolute atomic E-state index is 0.00170. The lowest BCUT2D eigenvalue weighted by Gasteiger charge is -2.38. The second kappa shape index (κ2) is 8.92. The smallest absolute Gasteiger partial charge is 0.282 e. The molecule has 1 fully saturated rings. The Morgan fingerprint density at radius 1 is 0.941 bits per heavy atom. The van der Waals surface area contributed by atoms with E-state index in [1.54, 1.807) is 30.3 Å². The number of nitrogens with one attached hydrogen (secondary N) is 1. The van der Waals surface area contributed by atoms with Crippen LogP contribution in [0.4, 0.5) is 17.1 Å². The second-order valence-corrected chi connectivity index (χ2v) is 10.6. The summed E-state index contributed by atoms with van der Waals surface area (Å²) in [6, 6.07) is 19.4. The second-order valence-electron chi connectivity index (χ2n) is 8.78. The molecule has 1 aliphatic carbocycles. The largest absolute Gasteiger partial charge is 0.377 e. The zero-order valence-corrected chi connectivity index (χ0v) is 19.8. The first-order valence-electron chi connectivity index (χ1n) is 11.0. The Balaban J connectivity index is 1.57. The van der Waals surface area contributed by atoms with Gasteiger partial charge < -0.3 is 5.32 Å². The highest BCUT2D eigenvalue weighted by Gasteiger charge is 2.51. The summed E-state index contributed by atoms with van der Waals surface area (Å²) in [5.74, 6) is -0.0407. The van der Waals surface area contributed by atoms with Gasteiger partial charge in [-0.15, -0.1) is 23.4 Å². The molecule has 3 aromatic rings. The molecule has 7 nitrogen and oxygen atoms in total. The van der Waals surface area contributed by atoms with Gasteiger partial charge in [-0.3, -0.25) is 20.2 Å². The van der Waals surface area contributed by atoms with Gasteiger partial charge in [-0.1, -0.05) is 48.0 Å². The van der Waals surface area contributed by atoms with E-state index in [1.165, 1.54) is 23.9 Å². The lowest BCUT2D eigenvalue weighted by molar-refractivity contribution is -0.387. The van der Waals surface area contributed by atoms with Crippen LogP contribution in [0.25, 0.3) is 0 Å². The van der Waals surface area contributed by atoms with Gasteiger partial charge in [0.2, 0.25) is 0 Å². The van der Waals surface area contributed by atoms with Crippen LogP contribution >= 0.6 is 23.4 Å². The molecule has 0 unspecified atom stereocenters. The van der Waals surface area contributed by atoms with Crippen molar-refractivity contribution >= 4 is 40.4 Å². The van der Waals surface area contributed by atoms with Gasteiger partial charge in [-0.05, 0) is 37.0 Å². The number of halogens is 1. The molecule has 1 aliphatic heterocycles. The predicted octanol–water partition coefficient (Wildman–Crippen LogP) is 6.85. The molecule has 2 aliphatic rings. The molecule has 1 heterocycles. The quantitative estimate of drug-likeness (QED) is 0.236. The summed E-state index contributed by atoms with van der Waals surface area (Å²) < 4.78 is 0. The molecule has 34 heavy (non-hydrogen) atoms. The standard InChI is InChI=1S/C25H22ClN3O4S/c1-14-10-11-18-16(12-14)23-17(25(27-18)15-6-2-3-7-19(15)28(30)31)13-22(24(23)26)34-21-9-5-4-8-20(21)29(32)33/h2-12,17,22-25,27H,13H2,1H3/t17-,22+,23-,24+,25-/m0/s1. The van der Waals surface area contributed by atoms with Crippen molar-refractivity contribution in [3.8, 4) is 0 Å². The summed E-state index contributed by atoms with van der Waals surface area (Å²) in [5.41, 5.74) is 3.92. The van der Waals surface area contributed by atoms with Crippen molar-refractivity contribution in [3.63, 3.8) is 0 Å².